The number of carbonyl (C=O) groups excluding carboxylic acids is 1. The van der Waals surface area contributed by atoms with E-state index in [0.717, 1.165) is 24.1 Å². The van der Waals surface area contributed by atoms with Gasteiger partial charge in [-0.25, -0.2) is 8.78 Å². The Morgan fingerprint density at radius 2 is 2.16 bits per heavy atom. The second-order valence-corrected chi connectivity index (χ2v) is 4.61. The van der Waals surface area contributed by atoms with Crippen LogP contribution in [0.2, 0.25) is 0 Å². The molecule has 7 nitrogen and oxygen atoms in total. The van der Waals surface area contributed by atoms with Crippen molar-refractivity contribution in [3.05, 3.63) is 12.3 Å². The summed E-state index contributed by atoms with van der Waals surface area (Å²) < 4.78 is 33.0. The summed E-state index contributed by atoms with van der Waals surface area (Å²) >= 11 is 0. The van der Waals surface area contributed by atoms with Crippen molar-refractivity contribution in [3.63, 3.8) is 0 Å². The molecule has 0 aliphatic carbocycles. The Morgan fingerprint density at radius 3 is 2.63 bits per heavy atom. The van der Waals surface area contributed by atoms with Crippen molar-refractivity contribution < 1.29 is 33.6 Å². The number of hydrogen-bond donors (Lipinski definition) is 4. The van der Waals surface area contributed by atoms with Crippen LogP contribution in [0.1, 0.15) is 6.92 Å². The summed E-state index contributed by atoms with van der Waals surface area (Å²) in [4.78, 5) is 11.8. The van der Waals surface area contributed by atoms with E-state index in [1.807, 2.05) is 5.32 Å². The van der Waals surface area contributed by atoms with Crippen LogP contribution in [0, 0.1) is 0 Å². The normalized spacial score (nSPS) is 46.5. The monoisotopic (exact) mass is 280 g/mol. The van der Waals surface area contributed by atoms with Crippen LogP contribution < -0.4 is 5.32 Å². The van der Waals surface area contributed by atoms with Crippen LogP contribution in [0.3, 0.4) is 0 Å². The fourth-order valence-electron chi connectivity index (χ4n) is 2.09. The lowest BCUT2D eigenvalue weighted by Gasteiger charge is -2.37. The van der Waals surface area contributed by atoms with Crippen molar-refractivity contribution in [2.24, 2.45) is 0 Å². The highest BCUT2D eigenvalue weighted by atomic mass is 19.2. The maximum atomic E-state index is 14.4. The summed E-state index contributed by atoms with van der Waals surface area (Å²) in [7, 11) is 0. The number of ether oxygens (including phenoxy) is 1. The average Bonchev–Trinajstić information content (AvgIpc) is 2.51. The molecule has 0 aromatic heterocycles. The Hall–Kier alpha value is -1.29. The molecule has 1 saturated heterocycles. The van der Waals surface area contributed by atoms with E-state index in [4.69, 9.17) is 9.84 Å². The number of rotatable bonds is 2. The van der Waals surface area contributed by atoms with Gasteiger partial charge in [-0.3, -0.25) is 4.79 Å². The summed E-state index contributed by atoms with van der Waals surface area (Å²) in [6.45, 7) is -0.375. The summed E-state index contributed by atoms with van der Waals surface area (Å²) in [5.41, 5.74) is -2.61. The second-order valence-electron chi connectivity index (χ2n) is 4.61. The van der Waals surface area contributed by atoms with E-state index in [-0.39, 0.29) is 0 Å². The molecule has 4 N–H and O–H groups in total. The van der Waals surface area contributed by atoms with Crippen LogP contribution in [0.5, 0.6) is 0 Å². The Morgan fingerprint density at radius 1 is 1.53 bits per heavy atom. The molecule has 1 fully saturated rings. The number of nitrogens with one attached hydrogen (secondary N) is 1. The molecular weight excluding hydrogens is 266 g/mol. The Balaban J connectivity index is 2.30. The zero-order valence-electron chi connectivity index (χ0n) is 9.96. The highest BCUT2D eigenvalue weighted by molar-refractivity contribution is 5.88. The van der Waals surface area contributed by atoms with Crippen LogP contribution in [0.4, 0.5) is 8.78 Å². The molecule has 9 heteroatoms. The van der Waals surface area contributed by atoms with Gasteiger partial charge in [-0.1, -0.05) is 0 Å². The summed E-state index contributed by atoms with van der Waals surface area (Å²) in [5, 5.41) is 30.1. The van der Waals surface area contributed by atoms with Crippen molar-refractivity contribution in [2.75, 3.05) is 6.61 Å². The smallest absolute Gasteiger partial charge is 0.263 e. The first kappa shape index (κ1) is 14.1. The van der Waals surface area contributed by atoms with E-state index in [9.17, 15) is 23.8 Å². The molecule has 0 aromatic rings. The lowest BCUT2D eigenvalue weighted by Crippen LogP contribution is -2.58. The zero-order valence-corrected chi connectivity index (χ0v) is 9.96. The van der Waals surface area contributed by atoms with E-state index >= 15 is 0 Å². The van der Waals surface area contributed by atoms with Gasteiger partial charge in [0.25, 0.3) is 5.85 Å². The van der Waals surface area contributed by atoms with E-state index < -0.39 is 42.7 Å². The predicted molar refractivity (Wildman–Crippen MR) is 56.4 cm³/mol. The second kappa shape index (κ2) is 4.37. The van der Waals surface area contributed by atoms with Crippen molar-refractivity contribution in [1.82, 2.24) is 10.2 Å². The van der Waals surface area contributed by atoms with Gasteiger partial charge < -0.3 is 30.3 Å². The molecule has 2 aliphatic rings. The van der Waals surface area contributed by atoms with E-state index in [2.05, 4.69) is 0 Å². The van der Waals surface area contributed by atoms with Gasteiger partial charge in [0.15, 0.2) is 18.0 Å². The molecule has 5 atom stereocenters. The number of nitrogens with zero attached hydrogens (tertiary/aromatic N) is 1. The van der Waals surface area contributed by atoms with Crippen molar-refractivity contribution in [3.8, 4) is 0 Å². The van der Waals surface area contributed by atoms with Gasteiger partial charge in [-0.15, -0.1) is 0 Å². The molecule has 2 heterocycles. The molecule has 19 heavy (non-hydrogen) atoms. The first-order valence-corrected chi connectivity index (χ1v) is 5.51. The topological polar surface area (TPSA) is 102 Å². The highest BCUT2D eigenvalue weighted by Crippen LogP contribution is 2.43. The van der Waals surface area contributed by atoms with Crippen LogP contribution in [0.25, 0.3) is 0 Å². The summed E-state index contributed by atoms with van der Waals surface area (Å²) in [5.74, 6) is -3.60. The third-order valence-corrected chi connectivity index (χ3v) is 3.17. The van der Waals surface area contributed by atoms with Crippen molar-refractivity contribution in [1.29, 1.82) is 0 Å². The number of carbonyl (C=O) groups is 1. The summed E-state index contributed by atoms with van der Waals surface area (Å²) in [6.07, 6.45) is -3.59. The molecule has 0 aromatic carbocycles. The molecule has 2 rings (SSSR count). The molecule has 108 valence electrons. The number of aliphatic hydroxyl groups is 3. The van der Waals surface area contributed by atoms with Gasteiger partial charge in [0.05, 0.1) is 0 Å². The number of aliphatic hydroxyl groups excluding tert-OH is 3. The van der Waals surface area contributed by atoms with Crippen LogP contribution >= 0.6 is 0 Å². The molecule has 0 spiro atoms. The molecule has 0 radical (unpaired) electrons. The van der Waals surface area contributed by atoms with Gasteiger partial charge in [0.2, 0.25) is 12.3 Å². The number of halogens is 2. The lowest BCUT2D eigenvalue weighted by atomic mass is 9.97. The standard InChI is InChI=1S/C10H14F2N2O5/c1-9(11)6(17)10(12,4-15)19-7(9)14-3-2-5(16)13-8(14)18/h2-3,6-8,15,17-18H,4H2,1H3,(H,13,16)/t6-,7+,8?,9+,10+/m0/s1. The van der Waals surface area contributed by atoms with Gasteiger partial charge in [0.1, 0.15) is 6.61 Å². The number of alkyl halides is 2. The number of hydrogen-bond acceptors (Lipinski definition) is 6. The largest absolute Gasteiger partial charge is 0.390 e. The minimum Gasteiger partial charge on any atom is -0.390 e. The third kappa shape index (κ3) is 2.08. The van der Waals surface area contributed by atoms with Crippen molar-refractivity contribution >= 4 is 5.91 Å². The van der Waals surface area contributed by atoms with E-state index in [1.165, 1.54) is 0 Å². The van der Waals surface area contributed by atoms with Crippen LogP contribution in [0.15, 0.2) is 12.3 Å². The lowest BCUT2D eigenvalue weighted by molar-refractivity contribution is -0.227. The maximum Gasteiger partial charge on any atom is 0.263 e. The predicted octanol–water partition coefficient (Wildman–Crippen LogP) is -1.69. The third-order valence-electron chi connectivity index (χ3n) is 3.17. The SMILES string of the molecule is C[C@]1(F)[C@H](N2C=CC(=O)NC2O)O[C@](F)(CO)[C@H]1O. The Bertz CT molecular complexity index is 419. The molecule has 0 bridgehead atoms. The molecule has 1 amide bonds. The number of amides is 1. The van der Waals surface area contributed by atoms with E-state index in [0.29, 0.717) is 0 Å². The van der Waals surface area contributed by atoms with Crippen LogP contribution in [-0.2, 0) is 9.53 Å². The maximum absolute atomic E-state index is 14.4. The molecule has 0 saturated carbocycles. The quantitative estimate of drug-likeness (QED) is 0.481. The zero-order chi connectivity index (χ0) is 14.4. The van der Waals surface area contributed by atoms with Gasteiger partial charge in [-0.2, -0.15) is 0 Å². The first-order chi connectivity index (χ1) is 8.72. The van der Waals surface area contributed by atoms with Crippen molar-refractivity contribution in [2.45, 2.75) is 37.1 Å². The van der Waals surface area contributed by atoms with Gasteiger partial charge in [-0.05, 0) is 6.92 Å². The minimum absolute atomic E-state index is 0.614. The molecule has 1 unspecified atom stereocenters. The highest BCUT2D eigenvalue weighted by Gasteiger charge is 2.65. The van der Waals surface area contributed by atoms with E-state index in [1.54, 1.807) is 0 Å². The van der Waals surface area contributed by atoms with Gasteiger partial charge in [0, 0.05) is 12.3 Å². The van der Waals surface area contributed by atoms with Crippen LogP contribution in [-0.4, -0.2) is 62.9 Å². The summed E-state index contributed by atoms with van der Waals surface area (Å²) in [6, 6.07) is 0. The molecular formula is C10H14F2N2O5. The van der Waals surface area contributed by atoms with Gasteiger partial charge >= 0.3 is 0 Å². The Labute approximate surface area is 107 Å². The average molecular weight is 280 g/mol. The Kier molecular flexibility index (Phi) is 3.25. The minimum atomic E-state index is -2.98. The first-order valence-electron chi connectivity index (χ1n) is 5.51. The fourth-order valence-corrected chi connectivity index (χ4v) is 2.09. The fraction of sp³-hybridized carbons (Fsp3) is 0.700. The molecule has 2 aliphatic heterocycles.